The van der Waals surface area contributed by atoms with E-state index < -0.39 is 5.97 Å². The Labute approximate surface area is 217 Å². The highest BCUT2D eigenvalue weighted by Crippen LogP contribution is 2.47. The van der Waals surface area contributed by atoms with Crippen LogP contribution in [0, 0.1) is 12.8 Å². The Balaban J connectivity index is 1.21. The highest BCUT2D eigenvalue weighted by molar-refractivity contribution is 6.39. The van der Waals surface area contributed by atoms with Gasteiger partial charge in [0.05, 0.1) is 34.2 Å². The number of aromatic carboxylic acids is 1. The molecule has 1 aliphatic heterocycles. The molecule has 0 radical (unpaired) electrons. The third-order valence-corrected chi connectivity index (χ3v) is 8.16. The fraction of sp³-hybridized carbons (Fsp3) is 0.370. The minimum absolute atomic E-state index is 0.0147. The Bertz CT molecular complexity index is 1360. The van der Waals surface area contributed by atoms with E-state index in [-0.39, 0.29) is 36.1 Å². The highest BCUT2D eigenvalue weighted by atomic mass is 35.5. The molecule has 1 aromatic heterocycles. The lowest BCUT2D eigenvalue weighted by atomic mass is 10.0. The molecule has 2 heterocycles. The third kappa shape index (κ3) is 3.90. The maximum atomic E-state index is 13.3. The summed E-state index contributed by atoms with van der Waals surface area (Å²) in [5.41, 5.74) is 3.68. The van der Waals surface area contributed by atoms with Crippen LogP contribution in [-0.4, -0.2) is 34.3 Å². The van der Waals surface area contributed by atoms with Gasteiger partial charge in [0.1, 0.15) is 11.5 Å². The molecule has 0 spiro atoms. The number of nitrogens with zero attached hydrogens (tertiary/aromatic N) is 2. The van der Waals surface area contributed by atoms with Gasteiger partial charge in [0.15, 0.2) is 0 Å². The average Bonchev–Trinajstić information content (AvgIpc) is 3.34. The van der Waals surface area contributed by atoms with E-state index in [2.05, 4.69) is 5.16 Å². The number of piperidine rings is 1. The smallest absolute Gasteiger partial charge is 0.335 e. The van der Waals surface area contributed by atoms with E-state index in [1.54, 1.807) is 48.2 Å². The molecule has 36 heavy (non-hydrogen) atoms. The number of hydrogen-bond donors (Lipinski definition) is 1. The summed E-state index contributed by atoms with van der Waals surface area (Å²) in [5, 5.41) is 14.6. The molecular weight excluding hydrogens is 503 g/mol. The lowest BCUT2D eigenvalue weighted by Crippen LogP contribution is -2.43. The van der Waals surface area contributed by atoms with Crippen molar-refractivity contribution in [2.24, 2.45) is 5.92 Å². The van der Waals surface area contributed by atoms with Crippen molar-refractivity contribution in [3.05, 3.63) is 68.9 Å². The van der Waals surface area contributed by atoms with Crippen molar-refractivity contribution in [2.45, 2.75) is 57.3 Å². The number of fused-ring (bicyclic) bond motifs is 2. The van der Waals surface area contributed by atoms with Crippen molar-refractivity contribution in [2.75, 3.05) is 4.90 Å². The minimum atomic E-state index is -0.974. The number of ether oxygens (including phenoxy) is 1. The van der Waals surface area contributed by atoms with Gasteiger partial charge in [-0.15, -0.1) is 0 Å². The SMILES string of the molecule is Cc1cc(N2C(=O)[C@@H]3C[C@H]2C[C@H]3OCc2c(-c3c(Cl)cccc3Cl)noc2C2CC2)ccc1C(=O)O. The molecule has 3 atom stereocenters. The Hall–Kier alpha value is -2.87. The molecule has 7 nitrogen and oxygen atoms in total. The largest absolute Gasteiger partial charge is 0.478 e. The lowest BCUT2D eigenvalue weighted by Gasteiger charge is -2.31. The zero-order valence-electron chi connectivity index (χ0n) is 19.5. The van der Waals surface area contributed by atoms with Crippen LogP contribution in [0.3, 0.4) is 0 Å². The van der Waals surface area contributed by atoms with Crippen molar-refractivity contribution >= 4 is 40.8 Å². The molecule has 2 aliphatic carbocycles. The second-order valence-corrected chi connectivity index (χ2v) is 10.7. The fourth-order valence-electron chi connectivity index (χ4n) is 5.60. The number of hydrogen-bond acceptors (Lipinski definition) is 5. The standard InChI is InChI=1S/C27H24Cl2N2O5/c1-13-9-15(7-8-17(13)27(33)34)31-16-10-18(26(31)32)22(11-16)35-12-19-24(30-36-25(19)14-5-6-14)23-20(28)3-2-4-21(23)29/h2-4,7-9,14,16,18,22H,5-6,10-12H2,1H3,(H,33,34)/t16-,18+,22+/m0/s1. The molecule has 2 aromatic carbocycles. The van der Waals surface area contributed by atoms with E-state index in [1.807, 2.05) is 0 Å². The number of carbonyl (C=O) groups excluding carboxylic acids is 1. The van der Waals surface area contributed by atoms with Crippen LogP contribution in [0.2, 0.25) is 10.0 Å². The first-order chi connectivity index (χ1) is 17.3. The van der Waals surface area contributed by atoms with Crippen LogP contribution < -0.4 is 4.90 Å². The average molecular weight is 527 g/mol. The molecule has 3 fully saturated rings. The summed E-state index contributed by atoms with van der Waals surface area (Å²) in [5.74, 6) is -0.0724. The van der Waals surface area contributed by atoms with Crippen LogP contribution in [0.5, 0.6) is 0 Å². The van der Waals surface area contributed by atoms with E-state index >= 15 is 0 Å². The summed E-state index contributed by atoms with van der Waals surface area (Å²) in [4.78, 5) is 26.5. The Morgan fingerprint density at radius 1 is 1.19 bits per heavy atom. The fourth-order valence-corrected chi connectivity index (χ4v) is 6.18. The predicted molar refractivity (Wildman–Crippen MR) is 135 cm³/mol. The van der Waals surface area contributed by atoms with E-state index in [0.29, 0.717) is 45.6 Å². The number of halogens is 2. The van der Waals surface area contributed by atoms with Gasteiger partial charge in [-0.25, -0.2) is 4.79 Å². The zero-order valence-corrected chi connectivity index (χ0v) is 21.1. The Kier molecular flexibility index (Phi) is 5.82. The third-order valence-electron chi connectivity index (χ3n) is 7.53. The zero-order chi connectivity index (χ0) is 25.1. The first kappa shape index (κ1) is 23.5. The van der Waals surface area contributed by atoms with Gasteiger partial charge in [0.2, 0.25) is 5.91 Å². The molecule has 6 rings (SSSR count). The second-order valence-electron chi connectivity index (χ2n) is 9.84. The minimum Gasteiger partial charge on any atom is -0.478 e. The van der Waals surface area contributed by atoms with E-state index in [9.17, 15) is 14.7 Å². The van der Waals surface area contributed by atoms with Crippen LogP contribution in [0.1, 0.15) is 58.8 Å². The normalized spacial score (nSPS) is 23.0. The van der Waals surface area contributed by atoms with Gasteiger partial charge in [0, 0.05) is 28.8 Å². The molecule has 186 valence electrons. The summed E-state index contributed by atoms with van der Waals surface area (Å²) in [6, 6.07) is 10.4. The van der Waals surface area contributed by atoms with Gasteiger partial charge in [-0.05, 0) is 68.5 Å². The van der Waals surface area contributed by atoms with E-state index in [1.165, 1.54) is 0 Å². The molecule has 3 aromatic rings. The predicted octanol–water partition coefficient (Wildman–Crippen LogP) is 6.24. The number of rotatable bonds is 7. The number of amides is 1. The van der Waals surface area contributed by atoms with Crippen molar-refractivity contribution in [1.29, 1.82) is 0 Å². The monoisotopic (exact) mass is 526 g/mol. The lowest BCUT2D eigenvalue weighted by molar-refractivity contribution is -0.126. The van der Waals surface area contributed by atoms with E-state index in [4.69, 9.17) is 32.5 Å². The van der Waals surface area contributed by atoms with Gasteiger partial charge in [-0.1, -0.05) is 34.4 Å². The maximum Gasteiger partial charge on any atom is 0.335 e. The highest BCUT2D eigenvalue weighted by Gasteiger charge is 2.52. The molecule has 3 aliphatic rings. The number of aromatic nitrogens is 1. The summed E-state index contributed by atoms with van der Waals surface area (Å²) >= 11 is 12.9. The van der Waals surface area contributed by atoms with Crippen molar-refractivity contribution < 1.29 is 24.0 Å². The summed E-state index contributed by atoms with van der Waals surface area (Å²) in [7, 11) is 0. The van der Waals surface area contributed by atoms with Crippen LogP contribution >= 0.6 is 23.2 Å². The van der Waals surface area contributed by atoms with Crippen molar-refractivity contribution in [3.63, 3.8) is 0 Å². The van der Waals surface area contributed by atoms with E-state index in [0.717, 1.165) is 29.9 Å². The molecule has 1 N–H and O–H groups in total. The van der Waals surface area contributed by atoms with Gasteiger partial charge in [-0.3, -0.25) is 4.79 Å². The quantitative estimate of drug-likeness (QED) is 0.391. The summed E-state index contributed by atoms with van der Waals surface area (Å²) in [6.45, 7) is 2.01. The van der Waals surface area contributed by atoms with Gasteiger partial charge in [-0.2, -0.15) is 0 Å². The molecular formula is C27H24Cl2N2O5. The number of anilines is 1. The maximum absolute atomic E-state index is 13.3. The molecule has 2 saturated carbocycles. The van der Waals surface area contributed by atoms with Crippen LogP contribution in [0.4, 0.5) is 5.69 Å². The number of carbonyl (C=O) groups is 2. The van der Waals surface area contributed by atoms with Crippen LogP contribution in [-0.2, 0) is 16.1 Å². The van der Waals surface area contributed by atoms with Crippen LogP contribution in [0.25, 0.3) is 11.3 Å². The summed E-state index contributed by atoms with van der Waals surface area (Å²) < 4.78 is 12.1. The second kappa shape index (κ2) is 8.91. The first-order valence-corrected chi connectivity index (χ1v) is 12.8. The number of carboxylic acids is 1. The Morgan fingerprint density at radius 2 is 1.94 bits per heavy atom. The van der Waals surface area contributed by atoms with Crippen molar-refractivity contribution in [1.82, 2.24) is 5.16 Å². The molecule has 1 saturated heterocycles. The van der Waals surface area contributed by atoms with Crippen LogP contribution in [0.15, 0.2) is 40.9 Å². The topological polar surface area (TPSA) is 92.9 Å². The molecule has 0 unspecified atom stereocenters. The summed E-state index contributed by atoms with van der Waals surface area (Å²) in [6.07, 6.45) is 3.29. The number of aryl methyl sites for hydroxylation is 1. The Morgan fingerprint density at radius 3 is 2.58 bits per heavy atom. The van der Waals surface area contributed by atoms with Crippen molar-refractivity contribution in [3.8, 4) is 11.3 Å². The molecule has 1 amide bonds. The first-order valence-electron chi connectivity index (χ1n) is 12.0. The number of benzene rings is 2. The molecule has 2 bridgehead atoms. The van der Waals surface area contributed by atoms with Gasteiger partial charge < -0.3 is 19.3 Å². The van der Waals surface area contributed by atoms with Gasteiger partial charge in [0.25, 0.3) is 0 Å². The number of carboxylic acid groups (broad SMARTS) is 1. The molecule has 9 heteroatoms. The van der Waals surface area contributed by atoms with Gasteiger partial charge >= 0.3 is 5.97 Å².